The maximum absolute atomic E-state index is 12.2. The summed E-state index contributed by atoms with van der Waals surface area (Å²) in [6.07, 6.45) is 0.249. The number of rotatable bonds is 9. The zero-order valence-corrected chi connectivity index (χ0v) is 19.9. The lowest BCUT2D eigenvalue weighted by Crippen LogP contribution is -2.24. The smallest absolute Gasteiger partial charge is 0.379 e. The summed E-state index contributed by atoms with van der Waals surface area (Å²) in [5, 5.41) is 14.9. The predicted molar refractivity (Wildman–Crippen MR) is 128 cm³/mol. The van der Waals surface area contributed by atoms with Gasteiger partial charge in [0.15, 0.2) is 0 Å². The van der Waals surface area contributed by atoms with Crippen LogP contribution in [0.1, 0.15) is 40.2 Å². The highest BCUT2D eigenvalue weighted by atomic mass is 32.1. The first-order chi connectivity index (χ1) is 17.6. The van der Waals surface area contributed by atoms with E-state index in [4.69, 9.17) is 13.7 Å². The number of ether oxygens (including phenoxy) is 1. The van der Waals surface area contributed by atoms with Gasteiger partial charge in [-0.05, 0) is 35.3 Å². The second kappa shape index (κ2) is 10.4. The molecule has 0 spiro atoms. The van der Waals surface area contributed by atoms with Crippen molar-refractivity contribution in [1.82, 2.24) is 30.6 Å². The summed E-state index contributed by atoms with van der Waals surface area (Å²) >= 11 is 1.56. The molecule has 182 valence electrons. The SMILES string of the molecule is CCOC(=O)c1noc(CNC(=O)Cc2nnc(Cc3nc4ccc(-c5ccccc5)cc4s3)o2)n1. The third kappa shape index (κ3) is 5.44. The molecule has 3 heterocycles. The molecule has 0 unspecified atom stereocenters. The van der Waals surface area contributed by atoms with Gasteiger partial charge in [-0.25, -0.2) is 9.78 Å². The molecule has 2 aromatic carbocycles. The number of carbonyl (C=O) groups excluding carboxylic acids is 2. The number of nitrogens with one attached hydrogen (secondary N) is 1. The van der Waals surface area contributed by atoms with Gasteiger partial charge in [-0.2, -0.15) is 4.98 Å². The molecule has 0 atom stereocenters. The first kappa shape index (κ1) is 23.3. The topological polar surface area (TPSA) is 146 Å². The van der Waals surface area contributed by atoms with Gasteiger partial charge in [0.25, 0.3) is 5.82 Å². The molecule has 0 saturated heterocycles. The first-order valence-corrected chi connectivity index (χ1v) is 11.9. The van der Waals surface area contributed by atoms with Gasteiger partial charge in [-0.15, -0.1) is 21.5 Å². The van der Waals surface area contributed by atoms with Crippen LogP contribution in [-0.4, -0.2) is 43.8 Å². The van der Waals surface area contributed by atoms with Crippen molar-refractivity contribution in [2.45, 2.75) is 26.3 Å². The van der Waals surface area contributed by atoms with Crippen molar-refractivity contribution in [3.05, 3.63) is 77.0 Å². The molecule has 0 fully saturated rings. The second-order valence-electron chi connectivity index (χ2n) is 7.61. The van der Waals surface area contributed by atoms with Crippen LogP contribution in [0, 0.1) is 0 Å². The molecular formula is C24H20N6O5S. The minimum atomic E-state index is -0.693. The van der Waals surface area contributed by atoms with Gasteiger partial charge < -0.3 is 19.0 Å². The molecule has 0 bridgehead atoms. The van der Waals surface area contributed by atoms with Crippen LogP contribution >= 0.6 is 11.3 Å². The summed E-state index contributed by atoms with van der Waals surface area (Å²) in [6, 6.07) is 16.3. The summed E-state index contributed by atoms with van der Waals surface area (Å²) in [7, 11) is 0. The third-order valence-corrected chi connectivity index (χ3v) is 6.04. The predicted octanol–water partition coefficient (Wildman–Crippen LogP) is 3.36. The number of amides is 1. The molecule has 0 saturated carbocycles. The number of hydrogen-bond acceptors (Lipinski definition) is 11. The molecule has 1 N–H and O–H groups in total. The Morgan fingerprint density at radius 2 is 1.83 bits per heavy atom. The monoisotopic (exact) mass is 504 g/mol. The Morgan fingerprint density at radius 3 is 2.67 bits per heavy atom. The summed E-state index contributed by atoms with van der Waals surface area (Å²) < 4.78 is 16.4. The molecule has 3 aromatic heterocycles. The van der Waals surface area contributed by atoms with Crippen LogP contribution in [-0.2, 0) is 28.9 Å². The van der Waals surface area contributed by atoms with Crippen molar-refractivity contribution >= 4 is 33.4 Å². The van der Waals surface area contributed by atoms with E-state index < -0.39 is 5.97 Å². The van der Waals surface area contributed by atoms with E-state index >= 15 is 0 Å². The minimum absolute atomic E-state index is 0.0527. The average Bonchev–Trinajstić information content (AvgIpc) is 3.63. The van der Waals surface area contributed by atoms with Gasteiger partial charge in [0.2, 0.25) is 23.6 Å². The van der Waals surface area contributed by atoms with E-state index in [1.807, 2.05) is 24.3 Å². The van der Waals surface area contributed by atoms with E-state index in [2.05, 4.69) is 54.9 Å². The van der Waals surface area contributed by atoms with Gasteiger partial charge in [0, 0.05) is 0 Å². The molecule has 0 radical (unpaired) electrons. The highest BCUT2D eigenvalue weighted by Crippen LogP contribution is 2.29. The Bertz CT molecular complexity index is 1510. The standard InChI is InChI=1S/C24H20N6O5S/c1-2-33-24(32)23-27-21(35-30-23)13-25-18(31)11-19-28-29-20(34-19)12-22-26-16-9-8-15(10-17(16)36-22)14-6-4-3-5-7-14/h3-10H,2,11-13H2,1H3,(H,25,31). The van der Waals surface area contributed by atoms with E-state index in [0.717, 1.165) is 26.4 Å². The maximum Gasteiger partial charge on any atom is 0.379 e. The van der Waals surface area contributed by atoms with E-state index in [0.29, 0.717) is 12.3 Å². The maximum atomic E-state index is 12.2. The normalized spacial score (nSPS) is 11.0. The van der Waals surface area contributed by atoms with Crippen molar-refractivity contribution < 1.29 is 23.3 Å². The van der Waals surface area contributed by atoms with E-state index in [-0.39, 0.29) is 43.1 Å². The quantitative estimate of drug-likeness (QED) is 0.296. The van der Waals surface area contributed by atoms with Crippen LogP contribution in [0.15, 0.2) is 57.5 Å². The fourth-order valence-corrected chi connectivity index (χ4v) is 4.40. The first-order valence-electron chi connectivity index (χ1n) is 11.1. The molecule has 11 nitrogen and oxygen atoms in total. The van der Waals surface area contributed by atoms with Crippen molar-refractivity contribution in [2.75, 3.05) is 6.61 Å². The van der Waals surface area contributed by atoms with Gasteiger partial charge >= 0.3 is 5.97 Å². The summed E-state index contributed by atoms with van der Waals surface area (Å²) in [5.74, 6) is -0.655. The van der Waals surface area contributed by atoms with E-state index in [9.17, 15) is 9.59 Å². The van der Waals surface area contributed by atoms with E-state index in [1.54, 1.807) is 18.3 Å². The summed E-state index contributed by atoms with van der Waals surface area (Å²) in [6.45, 7) is 1.81. The number of benzene rings is 2. The highest BCUT2D eigenvalue weighted by molar-refractivity contribution is 7.18. The number of nitrogens with zero attached hydrogens (tertiary/aromatic N) is 5. The lowest BCUT2D eigenvalue weighted by atomic mass is 10.1. The van der Waals surface area contributed by atoms with Crippen LogP contribution in [0.5, 0.6) is 0 Å². The third-order valence-electron chi connectivity index (χ3n) is 5.03. The summed E-state index contributed by atoms with van der Waals surface area (Å²) in [4.78, 5) is 32.3. The van der Waals surface area contributed by atoms with E-state index in [1.165, 1.54) is 0 Å². The Morgan fingerprint density at radius 1 is 1.00 bits per heavy atom. The Kier molecular flexibility index (Phi) is 6.76. The highest BCUT2D eigenvalue weighted by Gasteiger charge is 2.17. The van der Waals surface area contributed by atoms with Crippen molar-refractivity contribution in [3.8, 4) is 11.1 Å². The Labute approximate surface area is 208 Å². The molecule has 5 rings (SSSR count). The molecular weight excluding hydrogens is 484 g/mol. The van der Waals surface area contributed by atoms with Gasteiger partial charge in [0.1, 0.15) is 11.4 Å². The van der Waals surface area contributed by atoms with Crippen LogP contribution < -0.4 is 5.32 Å². The van der Waals surface area contributed by atoms with Crippen molar-refractivity contribution in [2.24, 2.45) is 0 Å². The molecule has 0 aliphatic rings. The average molecular weight is 505 g/mol. The number of esters is 1. The number of aromatic nitrogens is 5. The zero-order chi connectivity index (χ0) is 24.9. The molecule has 0 aliphatic heterocycles. The Hall–Kier alpha value is -4.45. The number of hydrogen-bond donors (Lipinski definition) is 1. The van der Waals surface area contributed by atoms with Crippen LogP contribution in [0.25, 0.3) is 21.3 Å². The van der Waals surface area contributed by atoms with Gasteiger partial charge in [-0.1, -0.05) is 36.4 Å². The molecule has 12 heteroatoms. The minimum Gasteiger partial charge on any atom is -0.460 e. The van der Waals surface area contributed by atoms with Crippen LogP contribution in [0.2, 0.25) is 0 Å². The van der Waals surface area contributed by atoms with Gasteiger partial charge in [-0.3, -0.25) is 4.79 Å². The van der Waals surface area contributed by atoms with Crippen molar-refractivity contribution in [3.63, 3.8) is 0 Å². The van der Waals surface area contributed by atoms with Crippen LogP contribution in [0.4, 0.5) is 0 Å². The lowest BCUT2D eigenvalue weighted by Gasteiger charge is -2.00. The number of carbonyl (C=O) groups is 2. The largest absolute Gasteiger partial charge is 0.460 e. The fraction of sp³-hybridized carbons (Fsp3) is 0.208. The number of thiazole rings is 1. The fourth-order valence-electron chi connectivity index (χ4n) is 3.40. The molecule has 1 amide bonds. The Balaban J connectivity index is 1.17. The zero-order valence-electron chi connectivity index (χ0n) is 19.1. The van der Waals surface area contributed by atoms with Crippen molar-refractivity contribution in [1.29, 1.82) is 0 Å². The van der Waals surface area contributed by atoms with Gasteiger partial charge in [0.05, 0.1) is 29.8 Å². The molecule has 36 heavy (non-hydrogen) atoms. The lowest BCUT2D eigenvalue weighted by molar-refractivity contribution is -0.121. The second-order valence-corrected chi connectivity index (χ2v) is 8.72. The molecule has 5 aromatic rings. The summed E-state index contributed by atoms with van der Waals surface area (Å²) in [5.41, 5.74) is 3.18. The molecule has 0 aliphatic carbocycles. The number of fused-ring (bicyclic) bond motifs is 1. The van der Waals surface area contributed by atoms with Crippen LogP contribution in [0.3, 0.4) is 0 Å².